The van der Waals surface area contributed by atoms with E-state index in [1.165, 1.54) is 17.1 Å². The lowest BCUT2D eigenvalue weighted by Crippen LogP contribution is -2.38. The lowest BCUT2D eigenvalue weighted by Gasteiger charge is -2.31. The van der Waals surface area contributed by atoms with Crippen LogP contribution in [0.25, 0.3) is 0 Å². The summed E-state index contributed by atoms with van der Waals surface area (Å²) < 4.78 is 7.39. The number of hydrogen-bond acceptors (Lipinski definition) is 7. The van der Waals surface area contributed by atoms with Gasteiger partial charge in [0.1, 0.15) is 12.4 Å². The van der Waals surface area contributed by atoms with E-state index in [4.69, 9.17) is 4.74 Å². The van der Waals surface area contributed by atoms with Crippen molar-refractivity contribution in [2.24, 2.45) is 0 Å². The van der Waals surface area contributed by atoms with Gasteiger partial charge in [-0.1, -0.05) is 0 Å². The Kier molecular flexibility index (Phi) is 4.67. The summed E-state index contributed by atoms with van der Waals surface area (Å²) in [6.07, 6.45) is 5.55. The molecule has 0 N–H and O–H groups in total. The topological polar surface area (TPSA) is 99.2 Å². The summed E-state index contributed by atoms with van der Waals surface area (Å²) >= 11 is 0. The van der Waals surface area contributed by atoms with E-state index in [0.29, 0.717) is 19.1 Å². The van der Waals surface area contributed by atoms with Crippen LogP contribution in [0.1, 0.15) is 38.4 Å². The molecule has 9 heteroatoms. The Morgan fingerprint density at radius 2 is 2.08 bits per heavy atom. The van der Waals surface area contributed by atoms with Gasteiger partial charge in [0.2, 0.25) is 5.95 Å². The minimum atomic E-state index is -0.462. The predicted molar refractivity (Wildman–Crippen MR) is 91.4 cm³/mol. The molecule has 0 aliphatic carbocycles. The van der Waals surface area contributed by atoms with E-state index < -0.39 is 4.92 Å². The zero-order chi connectivity index (χ0) is 18.0. The fourth-order valence-corrected chi connectivity index (χ4v) is 2.35. The normalized spacial score (nSPS) is 14.4. The Labute approximate surface area is 145 Å². The van der Waals surface area contributed by atoms with Crippen molar-refractivity contribution in [2.75, 3.05) is 18.0 Å². The Morgan fingerprint density at radius 3 is 2.64 bits per heavy atom. The van der Waals surface area contributed by atoms with Crippen LogP contribution in [0.3, 0.4) is 0 Å². The molecule has 0 radical (unpaired) electrons. The molecule has 0 aromatic carbocycles. The van der Waals surface area contributed by atoms with E-state index in [9.17, 15) is 10.1 Å². The van der Waals surface area contributed by atoms with Crippen LogP contribution >= 0.6 is 0 Å². The molecule has 2 aromatic heterocycles. The molecule has 25 heavy (non-hydrogen) atoms. The Balaban J connectivity index is 1.83. The third kappa shape index (κ3) is 4.30. The number of hydrogen-bond donors (Lipinski definition) is 0. The van der Waals surface area contributed by atoms with Gasteiger partial charge in [-0.05, 0) is 27.2 Å². The highest BCUT2D eigenvalue weighted by molar-refractivity contribution is 5.35. The molecule has 3 rings (SSSR count). The van der Waals surface area contributed by atoms with Gasteiger partial charge in [0, 0.05) is 24.8 Å². The third-order valence-electron chi connectivity index (χ3n) is 3.89. The Morgan fingerprint density at radius 1 is 1.32 bits per heavy atom. The molecule has 0 saturated carbocycles. The number of ether oxygens (including phenoxy) is 1. The molecule has 2 aromatic rings. The fourth-order valence-electron chi connectivity index (χ4n) is 2.35. The van der Waals surface area contributed by atoms with Gasteiger partial charge in [0.25, 0.3) is 0 Å². The molecule has 0 spiro atoms. The molecule has 1 aliphatic rings. The van der Waals surface area contributed by atoms with Crippen molar-refractivity contribution < 1.29 is 9.66 Å². The van der Waals surface area contributed by atoms with E-state index in [-0.39, 0.29) is 11.3 Å². The van der Waals surface area contributed by atoms with Crippen molar-refractivity contribution >= 4 is 11.6 Å². The average molecular weight is 346 g/mol. The van der Waals surface area contributed by atoms with Crippen LogP contribution < -0.4 is 4.90 Å². The summed E-state index contributed by atoms with van der Waals surface area (Å²) in [7, 11) is 0. The van der Waals surface area contributed by atoms with Crippen LogP contribution in [0, 0.1) is 10.1 Å². The summed E-state index contributed by atoms with van der Waals surface area (Å²) in [6, 6.07) is 0. The number of anilines is 1. The second-order valence-corrected chi connectivity index (χ2v) is 7.04. The maximum Gasteiger partial charge on any atom is 0.307 e. The highest BCUT2D eigenvalue weighted by atomic mass is 16.6. The first-order chi connectivity index (χ1) is 11.8. The van der Waals surface area contributed by atoms with Gasteiger partial charge < -0.3 is 9.64 Å². The van der Waals surface area contributed by atoms with E-state index in [1.54, 1.807) is 6.20 Å². The molecule has 1 aliphatic heterocycles. The molecular weight excluding hydrogens is 324 g/mol. The standard InChI is InChI=1S/C16H22N6O3/c1-16(2,3)25-11-14-12(7-17-15(19-14)20-5-4-6-20)9-21-10-13(8-18-21)22(23)24/h7-8,10H,4-6,9,11H2,1-3H3. The summed E-state index contributed by atoms with van der Waals surface area (Å²) in [6.45, 7) is 8.60. The number of aromatic nitrogens is 4. The summed E-state index contributed by atoms with van der Waals surface area (Å²) in [5, 5.41) is 14.8. The average Bonchev–Trinajstić information content (AvgIpc) is 2.93. The van der Waals surface area contributed by atoms with Gasteiger partial charge in [-0.25, -0.2) is 9.97 Å². The van der Waals surface area contributed by atoms with E-state index >= 15 is 0 Å². The van der Waals surface area contributed by atoms with Crippen molar-refractivity contribution in [1.29, 1.82) is 0 Å². The minimum absolute atomic E-state index is 0.0365. The smallest absolute Gasteiger partial charge is 0.307 e. The van der Waals surface area contributed by atoms with E-state index in [2.05, 4.69) is 20.0 Å². The first-order valence-electron chi connectivity index (χ1n) is 8.22. The van der Waals surface area contributed by atoms with Gasteiger partial charge in [-0.3, -0.25) is 14.8 Å². The molecule has 1 saturated heterocycles. The molecular formula is C16H22N6O3. The number of nitro groups is 1. The number of nitrogens with zero attached hydrogens (tertiary/aromatic N) is 6. The number of rotatable bonds is 6. The maximum atomic E-state index is 10.8. The molecule has 9 nitrogen and oxygen atoms in total. The maximum absolute atomic E-state index is 10.8. The third-order valence-corrected chi connectivity index (χ3v) is 3.89. The SMILES string of the molecule is CC(C)(C)OCc1nc(N2CCC2)ncc1Cn1cc([N+](=O)[O-])cn1. The molecule has 1 fully saturated rings. The van der Waals surface area contributed by atoms with Crippen molar-refractivity contribution in [3.8, 4) is 0 Å². The second kappa shape index (κ2) is 6.75. The Hall–Kier alpha value is -2.55. The second-order valence-electron chi connectivity index (χ2n) is 7.04. The highest BCUT2D eigenvalue weighted by Crippen LogP contribution is 2.20. The van der Waals surface area contributed by atoms with Crippen LogP contribution in [-0.2, 0) is 17.9 Å². The van der Waals surface area contributed by atoms with Crippen molar-refractivity contribution in [1.82, 2.24) is 19.7 Å². The van der Waals surface area contributed by atoms with Crippen molar-refractivity contribution in [2.45, 2.75) is 45.9 Å². The lowest BCUT2D eigenvalue weighted by atomic mass is 10.2. The van der Waals surface area contributed by atoms with Crippen LogP contribution in [0.5, 0.6) is 0 Å². The van der Waals surface area contributed by atoms with Crippen LogP contribution in [0.4, 0.5) is 11.6 Å². The fraction of sp³-hybridized carbons (Fsp3) is 0.562. The summed E-state index contributed by atoms with van der Waals surface area (Å²) in [5.74, 6) is 0.703. The zero-order valence-corrected chi connectivity index (χ0v) is 14.7. The van der Waals surface area contributed by atoms with Crippen LogP contribution in [-0.4, -0.2) is 43.4 Å². The lowest BCUT2D eigenvalue weighted by molar-refractivity contribution is -0.385. The van der Waals surface area contributed by atoms with Crippen molar-refractivity contribution in [3.05, 3.63) is 40.0 Å². The largest absolute Gasteiger partial charge is 0.370 e. The molecule has 134 valence electrons. The molecule has 0 amide bonds. The van der Waals surface area contributed by atoms with Crippen LogP contribution in [0.15, 0.2) is 18.6 Å². The van der Waals surface area contributed by atoms with Gasteiger partial charge >= 0.3 is 5.69 Å². The van der Waals surface area contributed by atoms with Gasteiger partial charge in [0.15, 0.2) is 0 Å². The summed E-state index contributed by atoms with van der Waals surface area (Å²) in [5.41, 5.74) is 1.30. The van der Waals surface area contributed by atoms with Crippen molar-refractivity contribution in [3.63, 3.8) is 0 Å². The molecule has 0 unspecified atom stereocenters. The predicted octanol–water partition coefficient (Wildman–Crippen LogP) is 2.15. The van der Waals surface area contributed by atoms with E-state index in [0.717, 1.165) is 30.8 Å². The quantitative estimate of drug-likeness (QED) is 0.583. The Bertz CT molecular complexity index is 763. The first kappa shape index (κ1) is 17.3. The molecule has 0 bridgehead atoms. The van der Waals surface area contributed by atoms with Crippen LogP contribution in [0.2, 0.25) is 0 Å². The van der Waals surface area contributed by atoms with Gasteiger partial charge in [0.05, 0.1) is 29.4 Å². The highest BCUT2D eigenvalue weighted by Gasteiger charge is 2.20. The first-order valence-corrected chi connectivity index (χ1v) is 8.22. The zero-order valence-electron chi connectivity index (χ0n) is 14.7. The monoisotopic (exact) mass is 346 g/mol. The molecule has 0 atom stereocenters. The minimum Gasteiger partial charge on any atom is -0.370 e. The van der Waals surface area contributed by atoms with Gasteiger partial charge in [-0.15, -0.1) is 0 Å². The molecule has 3 heterocycles. The van der Waals surface area contributed by atoms with Gasteiger partial charge in [-0.2, -0.15) is 5.10 Å². The summed E-state index contributed by atoms with van der Waals surface area (Å²) in [4.78, 5) is 21.5. The van der Waals surface area contributed by atoms with E-state index in [1.807, 2.05) is 20.8 Å².